The van der Waals surface area contributed by atoms with Gasteiger partial charge in [-0.05, 0) is 45.6 Å². The minimum Gasteiger partial charge on any atom is -0.454 e. The van der Waals surface area contributed by atoms with E-state index in [0.717, 1.165) is 36.8 Å². The number of carbonyl (C=O) groups is 1. The van der Waals surface area contributed by atoms with Crippen LogP contribution >= 0.6 is 0 Å². The summed E-state index contributed by atoms with van der Waals surface area (Å²) in [5.74, 6) is -0.00848. The van der Waals surface area contributed by atoms with E-state index in [2.05, 4.69) is 6.92 Å². The average molecular weight is 248 g/mol. The van der Waals surface area contributed by atoms with E-state index < -0.39 is 5.60 Å². The molecule has 3 rings (SSSR count). The zero-order chi connectivity index (χ0) is 13.1. The zero-order valence-corrected chi connectivity index (χ0v) is 11.2. The van der Waals surface area contributed by atoms with Crippen LogP contribution in [0.3, 0.4) is 0 Å². The lowest BCUT2D eigenvalue weighted by Crippen LogP contribution is -2.30. The summed E-state index contributed by atoms with van der Waals surface area (Å²) >= 11 is 0. The summed E-state index contributed by atoms with van der Waals surface area (Å²) < 4.78 is 5.43. The lowest BCUT2D eigenvalue weighted by Gasteiger charge is -2.26. The van der Waals surface area contributed by atoms with Gasteiger partial charge in [0.05, 0.1) is 5.60 Å². The van der Waals surface area contributed by atoms with Crippen molar-refractivity contribution in [3.05, 3.63) is 22.3 Å². The molecule has 0 aromatic carbocycles. The number of esters is 1. The summed E-state index contributed by atoms with van der Waals surface area (Å²) in [7, 11) is 0. The molecule has 0 radical (unpaired) electrons. The normalized spacial score (nSPS) is 39.7. The molecule has 3 heteroatoms. The van der Waals surface area contributed by atoms with Gasteiger partial charge >= 0.3 is 5.97 Å². The molecule has 0 bridgehead atoms. The van der Waals surface area contributed by atoms with Crippen molar-refractivity contribution < 1.29 is 14.6 Å². The van der Waals surface area contributed by atoms with Crippen LogP contribution in [-0.4, -0.2) is 22.8 Å². The second-order valence-electron chi connectivity index (χ2n) is 6.17. The van der Waals surface area contributed by atoms with Gasteiger partial charge in [0.1, 0.15) is 6.10 Å². The van der Waals surface area contributed by atoms with Gasteiger partial charge in [-0.15, -0.1) is 0 Å². The Morgan fingerprint density at radius 3 is 2.72 bits per heavy atom. The molecule has 2 aliphatic carbocycles. The Bertz CT molecular complexity index is 482. The van der Waals surface area contributed by atoms with Crippen molar-refractivity contribution in [3.63, 3.8) is 0 Å². The van der Waals surface area contributed by atoms with Crippen LogP contribution in [-0.2, 0) is 9.53 Å². The van der Waals surface area contributed by atoms with Crippen molar-refractivity contribution in [1.82, 2.24) is 0 Å². The fraction of sp³-hybridized carbons (Fsp3) is 0.667. The molecule has 0 unspecified atom stereocenters. The third-order valence-corrected chi connectivity index (χ3v) is 4.96. The maximum atomic E-state index is 11.7. The molecule has 1 heterocycles. The first-order chi connectivity index (χ1) is 8.40. The zero-order valence-electron chi connectivity index (χ0n) is 11.2. The van der Waals surface area contributed by atoms with Gasteiger partial charge in [-0.3, -0.25) is 0 Å². The number of fused-ring (bicyclic) bond motifs is 2. The van der Waals surface area contributed by atoms with Crippen LogP contribution < -0.4 is 0 Å². The highest BCUT2D eigenvalue weighted by molar-refractivity contribution is 5.91. The minimum absolute atomic E-state index is 0.0774. The summed E-state index contributed by atoms with van der Waals surface area (Å²) in [6.45, 7) is 5.89. The van der Waals surface area contributed by atoms with Gasteiger partial charge in [0, 0.05) is 17.9 Å². The van der Waals surface area contributed by atoms with Gasteiger partial charge in [-0.1, -0.05) is 11.1 Å². The maximum Gasteiger partial charge on any atom is 0.334 e. The fourth-order valence-electron chi connectivity index (χ4n) is 3.71. The van der Waals surface area contributed by atoms with E-state index in [1.165, 1.54) is 11.1 Å². The van der Waals surface area contributed by atoms with E-state index in [9.17, 15) is 9.90 Å². The molecule has 1 saturated carbocycles. The van der Waals surface area contributed by atoms with Crippen molar-refractivity contribution in [2.45, 2.75) is 58.2 Å². The van der Waals surface area contributed by atoms with Gasteiger partial charge in [0.2, 0.25) is 0 Å². The number of rotatable bonds is 0. The molecule has 0 aromatic rings. The van der Waals surface area contributed by atoms with Crippen LogP contribution in [0.2, 0.25) is 0 Å². The molecular weight excluding hydrogens is 228 g/mol. The molecule has 1 N–H and O–H groups in total. The monoisotopic (exact) mass is 248 g/mol. The number of hydrogen-bond donors (Lipinski definition) is 1. The summed E-state index contributed by atoms with van der Waals surface area (Å²) in [4.78, 5) is 11.7. The summed E-state index contributed by atoms with van der Waals surface area (Å²) in [6, 6.07) is 0. The highest BCUT2D eigenvalue weighted by Crippen LogP contribution is 2.49. The summed E-state index contributed by atoms with van der Waals surface area (Å²) in [6.07, 6.45) is 3.32. The van der Waals surface area contributed by atoms with Crippen molar-refractivity contribution in [2.75, 3.05) is 0 Å². The molecule has 0 spiro atoms. The highest BCUT2D eigenvalue weighted by atomic mass is 16.5. The van der Waals surface area contributed by atoms with Crippen molar-refractivity contribution >= 4 is 5.97 Å². The van der Waals surface area contributed by atoms with Gasteiger partial charge in [-0.25, -0.2) is 4.79 Å². The number of ether oxygens (including phenoxy) is 1. The number of carbonyl (C=O) groups excluding carboxylic acids is 1. The Balaban J connectivity index is 2.04. The molecule has 1 aliphatic heterocycles. The Hall–Kier alpha value is -1.09. The van der Waals surface area contributed by atoms with Crippen LogP contribution in [0.1, 0.15) is 46.5 Å². The molecule has 0 saturated heterocycles. The van der Waals surface area contributed by atoms with E-state index in [1.54, 1.807) is 0 Å². The Kier molecular flexibility index (Phi) is 2.46. The van der Waals surface area contributed by atoms with Gasteiger partial charge in [0.15, 0.2) is 0 Å². The third kappa shape index (κ3) is 1.57. The largest absolute Gasteiger partial charge is 0.454 e. The maximum absolute atomic E-state index is 11.7. The van der Waals surface area contributed by atoms with Crippen LogP contribution in [0.25, 0.3) is 0 Å². The predicted molar refractivity (Wildman–Crippen MR) is 67.9 cm³/mol. The lowest BCUT2D eigenvalue weighted by molar-refractivity contribution is -0.139. The van der Waals surface area contributed by atoms with Crippen molar-refractivity contribution in [1.29, 1.82) is 0 Å². The summed E-state index contributed by atoms with van der Waals surface area (Å²) in [5, 5.41) is 10.5. The first kappa shape index (κ1) is 12.0. The molecule has 3 atom stereocenters. The van der Waals surface area contributed by atoms with Gasteiger partial charge in [0.25, 0.3) is 0 Å². The van der Waals surface area contributed by atoms with Crippen molar-refractivity contribution in [3.8, 4) is 0 Å². The van der Waals surface area contributed by atoms with Crippen LogP contribution in [0, 0.1) is 5.92 Å². The molecule has 1 fully saturated rings. The topological polar surface area (TPSA) is 46.5 Å². The quantitative estimate of drug-likeness (QED) is 0.529. The fourth-order valence-corrected chi connectivity index (χ4v) is 3.71. The number of hydrogen-bond acceptors (Lipinski definition) is 3. The van der Waals surface area contributed by atoms with E-state index in [1.807, 2.05) is 13.8 Å². The standard InChI is InChI=1S/C15H20O3/c1-8-6-13-11(9(2)14(16)18-13)7-12-10(8)4-5-15(12,3)17/h12-13,17H,4-7H2,1-3H3/t12-,13+,15+/m1/s1. The SMILES string of the molecule is CC1=C2CC[C@](C)(O)[C@@H]2CC2=C(C)C(=O)O[C@H]2C1. The average Bonchev–Trinajstić information content (AvgIpc) is 2.65. The molecule has 98 valence electrons. The van der Waals surface area contributed by atoms with Crippen LogP contribution in [0.4, 0.5) is 0 Å². The molecule has 3 aliphatic rings. The van der Waals surface area contributed by atoms with Gasteiger partial charge < -0.3 is 9.84 Å². The molecule has 0 aromatic heterocycles. The van der Waals surface area contributed by atoms with E-state index >= 15 is 0 Å². The lowest BCUT2D eigenvalue weighted by atomic mass is 9.84. The second kappa shape index (κ2) is 3.70. The van der Waals surface area contributed by atoms with Crippen LogP contribution in [0.15, 0.2) is 22.3 Å². The minimum atomic E-state index is -0.635. The summed E-state index contributed by atoms with van der Waals surface area (Å²) in [5.41, 5.74) is 3.94. The molecule has 3 nitrogen and oxygen atoms in total. The first-order valence-corrected chi connectivity index (χ1v) is 6.71. The van der Waals surface area contributed by atoms with Gasteiger partial charge in [-0.2, -0.15) is 0 Å². The molecular formula is C15H20O3. The van der Waals surface area contributed by atoms with E-state index in [0.29, 0.717) is 0 Å². The van der Waals surface area contributed by atoms with Crippen LogP contribution in [0.5, 0.6) is 0 Å². The Labute approximate surface area is 108 Å². The second-order valence-corrected chi connectivity index (χ2v) is 6.17. The molecule has 18 heavy (non-hydrogen) atoms. The predicted octanol–water partition coefficient (Wildman–Crippen LogP) is 2.50. The number of aliphatic hydroxyl groups is 1. The van der Waals surface area contributed by atoms with Crippen molar-refractivity contribution in [2.24, 2.45) is 5.92 Å². The Morgan fingerprint density at radius 1 is 1.28 bits per heavy atom. The third-order valence-electron chi connectivity index (χ3n) is 4.96. The Morgan fingerprint density at radius 2 is 2.00 bits per heavy atom. The van der Waals surface area contributed by atoms with E-state index in [4.69, 9.17) is 4.74 Å². The highest BCUT2D eigenvalue weighted by Gasteiger charge is 2.46. The smallest absolute Gasteiger partial charge is 0.334 e. The van der Waals surface area contributed by atoms with E-state index in [-0.39, 0.29) is 18.0 Å². The molecule has 0 amide bonds. The first-order valence-electron chi connectivity index (χ1n) is 6.71.